The zero-order valence-corrected chi connectivity index (χ0v) is 15.4. The van der Waals surface area contributed by atoms with E-state index in [2.05, 4.69) is 41.4 Å². The van der Waals surface area contributed by atoms with Crippen molar-refractivity contribution in [3.8, 4) is 11.1 Å². The fraction of sp³-hybridized carbons (Fsp3) is 0.273. The van der Waals surface area contributed by atoms with E-state index in [1.165, 1.54) is 5.56 Å². The molecular formula is C22H24N4O. The first-order chi connectivity index (χ1) is 13.1. The van der Waals surface area contributed by atoms with Crippen LogP contribution in [0.3, 0.4) is 0 Å². The zero-order valence-electron chi connectivity index (χ0n) is 15.4. The Bertz CT molecular complexity index is 917. The lowest BCUT2D eigenvalue weighted by Gasteiger charge is -2.31. The summed E-state index contributed by atoms with van der Waals surface area (Å²) in [4.78, 5) is 14.7. The fourth-order valence-electron chi connectivity index (χ4n) is 3.74. The van der Waals surface area contributed by atoms with Crippen LogP contribution >= 0.6 is 0 Å². The van der Waals surface area contributed by atoms with E-state index in [0.29, 0.717) is 19.5 Å². The molecule has 0 aliphatic carbocycles. The van der Waals surface area contributed by atoms with Gasteiger partial charge in [0.25, 0.3) is 0 Å². The van der Waals surface area contributed by atoms with E-state index in [1.54, 1.807) is 0 Å². The second-order valence-electron chi connectivity index (χ2n) is 7.28. The highest BCUT2D eigenvalue weighted by Crippen LogP contribution is 2.27. The zero-order chi connectivity index (χ0) is 18.8. The molecule has 3 N–H and O–H groups in total. The predicted molar refractivity (Wildman–Crippen MR) is 106 cm³/mol. The molecule has 1 amide bonds. The predicted octanol–water partition coefficient (Wildman–Crippen LogP) is 3.61. The maximum atomic E-state index is 12.8. The first kappa shape index (κ1) is 17.5. The van der Waals surface area contributed by atoms with E-state index >= 15 is 0 Å². The Kier molecular flexibility index (Phi) is 4.77. The second kappa shape index (κ2) is 7.37. The standard InChI is InChI=1S/C22H24N4O/c1-15-13-26(14-19-12-24-25-22(15)19)21(27)11-20(23)18-9-7-17(8-10-18)16-5-3-2-4-6-16/h2-10,12,15,20H,11,13-14,23H2,1H3,(H,24,25)/t15?,20-/m1/s1. The number of H-pyrrole nitrogens is 1. The van der Waals surface area contributed by atoms with E-state index < -0.39 is 0 Å². The van der Waals surface area contributed by atoms with Crippen LogP contribution in [0, 0.1) is 0 Å². The van der Waals surface area contributed by atoms with Gasteiger partial charge < -0.3 is 10.6 Å². The average Bonchev–Trinajstić information content (AvgIpc) is 3.18. The number of amides is 1. The Balaban J connectivity index is 1.42. The van der Waals surface area contributed by atoms with Crippen molar-refractivity contribution in [1.82, 2.24) is 15.1 Å². The Morgan fingerprint density at radius 2 is 1.89 bits per heavy atom. The van der Waals surface area contributed by atoms with E-state index in [9.17, 15) is 4.79 Å². The van der Waals surface area contributed by atoms with Gasteiger partial charge in [-0.3, -0.25) is 9.89 Å². The molecule has 1 aliphatic heterocycles. The molecule has 4 rings (SSSR count). The Morgan fingerprint density at radius 1 is 1.19 bits per heavy atom. The molecule has 5 nitrogen and oxygen atoms in total. The summed E-state index contributed by atoms with van der Waals surface area (Å²) in [5.74, 6) is 0.356. The topological polar surface area (TPSA) is 75.0 Å². The van der Waals surface area contributed by atoms with Gasteiger partial charge in [0, 0.05) is 42.7 Å². The van der Waals surface area contributed by atoms with Crippen LogP contribution in [0.1, 0.15) is 42.1 Å². The minimum absolute atomic E-state index is 0.0911. The summed E-state index contributed by atoms with van der Waals surface area (Å²) in [6, 6.07) is 18.1. The number of hydrogen-bond acceptors (Lipinski definition) is 3. The molecule has 138 valence electrons. The van der Waals surface area contributed by atoms with Gasteiger partial charge in [-0.1, -0.05) is 61.5 Å². The van der Waals surface area contributed by atoms with Crippen molar-refractivity contribution in [2.75, 3.05) is 6.54 Å². The number of nitrogens with one attached hydrogen (secondary N) is 1. The van der Waals surface area contributed by atoms with Gasteiger partial charge >= 0.3 is 0 Å². The third-order valence-electron chi connectivity index (χ3n) is 5.29. The van der Waals surface area contributed by atoms with E-state index in [-0.39, 0.29) is 17.9 Å². The monoisotopic (exact) mass is 360 g/mol. The Labute approximate surface area is 159 Å². The van der Waals surface area contributed by atoms with Gasteiger partial charge in [0.1, 0.15) is 0 Å². The molecule has 1 unspecified atom stereocenters. The first-order valence-corrected chi connectivity index (χ1v) is 9.32. The van der Waals surface area contributed by atoms with Crippen molar-refractivity contribution in [1.29, 1.82) is 0 Å². The van der Waals surface area contributed by atoms with Crippen LogP contribution in [0.25, 0.3) is 11.1 Å². The molecule has 3 aromatic rings. The summed E-state index contributed by atoms with van der Waals surface area (Å²) in [6.07, 6.45) is 2.12. The number of hydrogen-bond donors (Lipinski definition) is 2. The van der Waals surface area contributed by atoms with Crippen LogP contribution in [0.4, 0.5) is 0 Å². The molecule has 1 aliphatic rings. The van der Waals surface area contributed by atoms with Crippen LogP contribution in [0.5, 0.6) is 0 Å². The van der Waals surface area contributed by atoms with Crippen LogP contribution in [-0.4, -0.2) is 27.5 Å². The summed E-state index contributed by atoms with van der Waals surface area (Å²) in [5, 5.41) is 7.14. The van der Waals surface area contributed by atoms with Gasteiger partial charge in [0.05, 0.1) is 6.20 Å². The lowest BCUT2D eigenvalue weighted by molar-refractivity contribution is -0.132. The molecule has 0 radical (unpaired) electrons. The van der Waals surface area contributed by atoms with Gasteiger partial charge in [-0.15, -0.1) is 0 Å². The van der Waals surface area contributed by atoms with Crippen molar-refractivity contribution in [2.24, 2.45) is 5.73 Å². The molecule has 1 aromatic heterocycles. The van der Waals surface area contributed by atoms with Gasteiger partial charge in [0.15, 0.2) is 0 Å². The van der Waals surface area contributed by atoms with Crippen molar-refractivity contribution in [3.05, 3.63) is 77.6 Å². The molecule has 0 bridgehead atoms. The maximum Gasteiger partial charge on any atom is 0.224 e. The van der Waals surface area contributed by atoms with Crippen LogP contribution in [0.2, 0.25) is 0 Å². The van der Waals surface area contributed by atoms with E-state index in [1.807, 2.05) is 41.4 Å². The molecular weight excluding hydrogens is 336 g/mol. The number of carbonyl (C=O) groups is 1. The van der Waals surface area contributed by atoms with Gasteiger partial charge in [0.2, 0.25) is 5.91 Å². The van der Waals surface area contributed by atoms with Crippen LogP contribution < -0.4 is 5.73 Å². The van der Waals surface area contributed by atoms with E-state index in [0.717, 1.165) is 22.4 Å². The maximum absolute atomic E-state index is 12.8. The number of fused-ring (bicyclic) bond motifs is 1. The van der Waals surface area contributed by atoms with Crippen molar-refractivity contribution >= 4 is 5.91 Å². The van der Waals surface area contributed by atoms with Crippen molar-refractivity contribution in [3.63, 3.8) is 0 Å². The smallest absolute Gasteiger partial charge is 0.224 e. The SMILES string of the molecule is CC1CN(C(=O)C[C@@H](N)c2ccc(-c3ccccc3)cc2)Cc2cn[nH]c21. The van der Waals surface area contributed by atoms with Crippen molar-refractivity contribution < 1.29 is 4.79 Å². The van der Waals surface area contributed by atoms with E-state index in [4.69, 9.17) is 5.73 Å². The van der Waals surface area contributed by atoms with Crippen LogP contribution in [-0.2, 0) is 11.3 Å². The minimum atomic E-state index is -0.302. The van der Waals surface area contributed by atoms with Crippen molar-refractivity contribution in [2.45, 2.75) is 31.8 Å². The number of nitrogens with two attached hydrogens (primary N) is 1. The lowest BCUT2D eigenvalue weighted by Crippen LogP contribution is -2.38. The number of rotatable bonds is 4. The summed E-state index contributed by atoms with van der Waals surface area (Å²) >= 11 is 0. The molecule has 2 atom stereocenters. The Hall–Kier alpha value is -2.92. The summed E-state index contributed by atoms with van der Waals surface area (Å²) in [6.45, 7) is 3.42. The fourth-order valence-corrected chi connectivity index (χ4v) is 3.74. The molecule has 0 saturated carbocycles. The molecule has 0 spiro atoms. The summed E-state index contributed by atoms with van der Waals surface area (Å²) < 4.78 is 0. The number of nitrogens with zero attached hydrogens (tertiary/aromatic N) is 2. The van der Waals surface area contributed by atoms with Gasteiger partial charge in [-0.25, -0.2) is 0 Å². The molecule has 5 heteroatoms. The molecule has 0 fully saturated rings. The summed E-state index contributed by atoms with van der Waals surface area (Å²) in [5.41, 5.74) is 11.9. The number of aromatic nitrogens is 2. The minimum Gasteiger partial charge on any atom is -0.338 e. The third-order valence-corrected chi connectivity index (χ3v) is 5.29. The highest BCUT2D eigenvalue weighted by Gasteiger charge is 2.27. The highest BCUT2D eigenvalue weighted by atomic mass is 16.2. The molecule has 27 heavy (non-hydrogen) atoms. The number of carbonyl (C=O) groups excluding carboxylic acids is 1. The lowest BCUT2D eigenvalue weighted by atomic mass is 9.96. The largest absolute Gasteiger partial charge is 0.338 e. The van der Waals surface area contributed by atoms with Gasteiger partial charge in [-0.2, -0.15) is 5.10 Å². The summed E-state index contributed by atoms with van der Waals surface area (Å²) in [7, 11) is 0. The quantitative estimate of drug-likeness (QED) is 0.746. The first-order valence-electron chi connectivity index (χ1n) is 9.32. The number of benzene rings is 2. The van der Waals surface area contributed by atoms with Gasteiger partial charge in [-0.05, 0) is 16.7 Å². The molecule has 0 saturated heterocycles. The molecule has 2 heterocycles. The Morgan fingerprint density at radius 3 is 2.63 bits per heavy atom. The molecule has 2 aromatic carbocycles. The highest BCUT2D eigenvalue weighted by molar-refractivity contribution is 5.77. The third kappa shape index (κ3) is 3.64. The van der Waals surface area contributed by atoms with Crippen LogP contribution in [0.15, 0.2) is 60.8 Å². The number of aromatic amines is 1. The average molecular weight is 360 g/mol. The normalized spacial score (nSPS) is 17.4. The second-order valence-corrected chi connectivity index (χ2v) is 7.28.